The minimum atomic E-state index is -0.880. The first kappa shape index (κ1) is 20.5. The number of hydrogen-bond donors (Lipinski definition) is 1. The molecule has 146 valence electrons. The molecule has 0 aliphatic rings. The number of amides is 1. The summed E-state index contributed by atoms with van der Waals surface area (Å²) in [6.45, 7) is 7.63. The Bertz CT molecular complexity index is 814. The molecule has 1 N–H and O–H groups in total. The molecule has 7 heteroatoms. The Balaban J connectivity index is 1.73. The van der Waals surface area contributed by atoms with Crippen LogP contribution in [-0.2, 0) is 21.4 Å². The number of aromatic nitrogens is 2. The molecular weight excluding hydrogens is 346 g/mol. The highest BCUT2D eigenvalue weighted by molar-refractivity contribution is 5.96. The standard InChI is InChI=1S/C20H27N3O4/c1-13-8-6-9-17(12-13)26-11-7-10-18(24)27-16(4)20(25)21-19-14(2)22-23(5)15(19)3/h6,8-9,12,16H,7,10-11H2,1-5H3,(H,21,25). The van der Waals surface area contributed by atoms with Gasteiger partial charge in [-0.25, -0.2) is 0 Å². The first-order valence-electron chi connectivity index (χ1n) is 8.98. The second kappa shape index (κ2) is 9.21. The molecule has 0 saturated carbocycles. The zero-order chi connectivity index (χ0) is 20.0. The molecule has 1 heterocycles. The van der Waals surface area contributed by atoms with Crippen LogP contribution in [0, 0.1) is 20.8 Å². The Morgan fingerprint density at radius 1 is 1.26 bits per heavy atom. The Kier molecular flexibility index (Phi) is 6.98. The van der Waals surface area contributed by atoms with Crippen molar-refractivity contribution in [2.75, 3.05) is 11.9 Å². The molecule has 2 rings (SSSR count). The van der Waals surface area contributed by atoms with Crippen molar-refractivity contribution in [3.8, 4) is 5.75 Å². The molecule has 0 bridgehead atoms. The Hall–Kier alpha value is -2.83. The van der Waals surface area contributed by atoms with Gasteiger partial charge in [0.1, 0.15) is 5.75 Å². The number of carbonyl (C=O) groups is 2. The fraction of sp³-hybridized carbons (Fsp3) is 0.450. The van der Waals surface area contributed by atoms with E-state index in [1.54, 1.807) is 18.7 Å². The van der Waals surface area contributed by atoms with Crippen LogP contribution in [-0.4, -0.2) is 34.4 Å². The summed E-state index contributed by atoms with van der Waals surface area (Å²) in [6, 6.07) is 7.73. The number of benzene rings is 1. The molecule has 0 spiro atoms. The van der Waals surface area contributed by atoms with E-state index in [0.717, 1.165) is 22.7 Å². The molecule has 7 nitrogen and oxygen atoms in total. The maximum atomic E-state index is 12.3. The van der Waals surface area contributed by atoms with Gasteiger partial charge in [-0.1, -0.05) is 12.1 Å². The van der Waals surface area contributed by atoms with E-state index in [1.165, 1.54) is 0 Å². The van der Waals surface area contributed by atoms with Crippen LogP contribution in [0.5, 0.6) is 5.75 Å². The molecule has 1 aromatic carbocycles. The van der Waals surface area contributed by atoms with Gasteiger partial charge in [0, 0.05) is 13.5 Å². The van der Waals surface area contributed by atoms with E-state index in [1.807, 2.05) is 45.0 Å². The highest BCUT2D eigenvalue weighted by atomic mass is 16.5. The van der Waals surface area contributed by atoms with Gasteiger partial charge in [0.15, 0.2) is 6.10 Å². The van der Waals surface area contributed by atoms with Crippen LogP contribution >= 0.6 is 0 Å². The van der Waals surface area contributed by atoms with Gasteiger partial charge >= 0.3 is 5.97 Å². The summed E-state index contributed by atoms with van der Waals surface area (Å²) < 4.78 is 12.5. The average molecular weight is 373 g/mol. The van der Waals surface area contributed by atoms with E-state index in [2.05, 4.69) is 10.4 Å². The van der Waals surface area contributed by atoms with Crippen molar-refractivity contribution in [2.45, 2.75) is 46.6 Å². The second-order valence-corrected chi connectivity index (χ2v) is 6.56. The van der Waals surface area contributed by atoms with E-state index in [4.69, 9.17) is 9.47 Å². The number of ether oxygens (including phenoxy) is 2. The first-order valence-corrected chi connectivity index (χ1v) is 8.98. The molecule has 0 saturated heterocycles. The summed E-state index contributed by atoms with van der Waals surface area (Å²) in [5.74, 6) is -0.0259. The fourth-order valence-corrected chi connectivity index (χ4v) is 2.60. The van der Waals surface area contributed by atoms with Gasteiger partial charge in [0.25, 0.3) is 5.91 Å². The van der Waals surface area contributed by atoms with Gasteiger partial charge < -0.3 is 14.8 Å². The maximum absolute atomic E-state index is 12.3. The lowest BCUT2D eigenvalue weighted by atomic mass is 10.2. The molecule has 0 fully saturated rings. The molecule has 1 amide bonds. The lowest BCUT2D eigenvalue weighted by Gasteiger charge is -2.14. The molecule has 0 radical (unpaired) electrons. The van der Waals surface area contributed by atoms with Crippen LogP contribution in [0.4, 0.5) is 5.69 Å². The normalized spacial score (nSPS) is 11.7. The first-order chi connectivity index (χ1) is 12.8. The molecule has 0 aliphatic carbocycles. The van der Waals surface area contributed by atoms with Crippen molar-refractivity contribution in [1.29, 1.82) is 0 Å². The Labute approximate surface area is 159 Å². The lowest BCUT2D eigenvalue weighted by Crippen LogP contribution is -2.30. The van der Waals surface area contributed by atoms with Crippen LogP contribution in [0.3, 0.4) is 0 Å². The van der Waals surface area contributed by atoms with Crippen molar-refractivity contribution in [2.24, 2.45) is 7.05 Å². The van der Waals surface area contributed by atoms with Gasteiger partial charge in [0.05, 0.1) is 23.7 Å². The molecule has 1 atom stereocenters. The van der Waals surface area contributed by atoms with Crippen LogP contribution < -0.4 is 10.1 Å². The van der Waals surface area contributed by atoms with Gasteiger partial charge in [-0.05, 0) is 51.8 Å². The van der Waals surface area contributed by atoms with E-state index < -0.39 is 12.1 Å². The third-order valence-corrected chi connectivity index (χ3v) is 4.22. The number of aryl methyl sites for hydroxylation is 3. The Morgan fingerprint density at radius 3 is 2.63 bits per heavy atom. The van der Waals surface area contributed by atoms with Crippen LogP contribution in [0.2, 0.25) is 0 Å². The number of nitrogens with one attached hydrogen (secondary N) is 1. The van der Waals surface area contributed by atoms with Crippen molar-refractivity contribution in [1.82, 2.24) is 9.78 Å². The molecular formula is C20H27N3O4. The number of esters is 1. The zero-order valence-electron chi connectivity index (χ0n) is 16.5. The second-order valence-electron chi connectivity index (χ2n) is 6.56. The molecule has 1 unspecified atom stereocenters. The van der Waals surface area contributed by atoms with Crippen LogP contribution in [0.1, 0.15) is 36.7 Å². The molecule has 2 aromatic rings. The molecule has 27 heavy (non-hydrogen) atoms. The van der Waals surface area contributed by atoms with Gasteiger partial charge in [0.2, 0.25) is 0 Å². The topological polar surface area (TPSA) is 82.4 Å². The quantitative estimate of drug-likeness (QED) is 0.568. The maximum Gasteiger partial charge on any atom is 0.306 e. The van der Waals surface area contributed by atoms with E-state index >= 15 is 0 Å². The van der Waals surface area contributed by atoms with Crippen LogP contribution in [0.15, 0.2) is 24.3 Å². The predicted octanol–water partition coefficient (Wildman–Crippen LogP) is 3.07. The van der Waals surface area contributed by atoms with E-state index in [0.29, 0.717) is 18.7 Å². The molecule has 0 aliphatic heterocycles. The van der Waals surface area contributed by atoms with Crippen molar-refractivity contribution in [3.63, 3.8) is 0 Å². The highest BCUT2D eigenvalue weighted by Gasteiger charge is 2.20. The average Bonchev–Trinajstić information content (AvgIpc) is 2.85. The number of anilines is 1. The minimum absolute atomic E-state index is 0.189. The summed E-state index contributed by atoms with van der Waals surface area (Å²) in [4.78, 5) is 24.2. The summed E-state index contributed by atoms with van der Waals surface area (Å²) in [5, 5.41) is 7.02. The van der Waals surface area contributed by atoms with Gasteiger partial charge in [-0.2, -0.15) is 5.10 Å². The van der Waals surface area contributed by atoms with Crippen molar-refractivity contribution >= 4 is 17.6 Å². The Morgan fingerprint density at radius 2 is 2.00 bits per heavy atom. The fourth-order valence-electron chi connectivity index (χ4n) is 2.60. The van der Waals surface area contributed by atoms with Gasteiger partial charge in [-0.15, -0.1) is 0 Å². The highest BCUT2D eigenvalue weighted by Crippen LogP contribution is 2.19. The smallest absolute Gasteiger partial charge is 0.306 e. The summed E-state index contributed by atoms with van der Waals surface area (Å²) >= 11 is 0. The molecule has 1 aromatic heterocycles. The lowest BCUT2D eigenvalue weighted by molar-refractivity contribution is -0.153. The number of nitrogens with zero attached hydrogens (tertiary/aromatic N) is 2. The largest absolute Gasteiger partial charge is 0.494 e. The van der Waals surface area contributed by atoms with E-state index in [9.17, 15) is 9.59 Å². The summed E-state index contributed by atoms with van der Waals surface area (Å²) in [5.41, 5.74) is 3.32. The third-order valence-electron chi connectivity index (χ3n) is 4.22. The van der Waals surface area contributed by atoms with E-state index in [-0.39, 0.29) is 12.3 Å². The third kappa shape index (κ3) is 5.84. The number of hydrogen-bond acceptors (Lipinski definition) is 5. The number of rotatable bonds is 8. The minimum Gasteiger partial charge on any atom is -0.494 e. The zero-order valence-corrected chi connectivity index (χ0v) is 16.5. The SMILES string of the molecule is Cc1cccc(OCCCC(=O)OC(C)C(=O)Nc2c(C)nn(C)c2C)c1. The van der Waals surface area contributed by atoms with Crippen molar-refractivity contribution in [3.05, 3.63) is 41.2 Å². The summed E-state index contributed by atoms with van der Waals surface area (Å²) in [7, 11) is 1.81. The monoisotopic (exact) mass is 373 g/mol. The summed E-state index contributed by atoms with van der Waals surface area (Å²) in [6.07, 6.45) is -0.176. The number of carbonyl (C=O) groups excluding carboxylic acids is 2. The van der Waals surface area contributed by atoms with Crippen molar-refractivity contribution < 1.29 is 19.1 Å². The van der Waals surface area contributed by atoms with Crippen LogP contribution in [0.25, 0.3) is 0 Å². The van der Waals surface area contributed by atoms with Gasteiger partial charge in [-0.3, -0.25) is 14.3 Å². The predicted molar refractivity (Wildman–Crippen MR) is 103 cm³/mol.